The van der Waals surface area contributed by atoms with E-state index in [1.54, 1.807) is 25.2 Å². The molecule has 5 heteroatoms. The highest BCUT2D eigenvalue weighted by molar-refractivity contribution is 5.92. The fraction of sp³-hybridized carbons (Fsp3) is 0.375. The topological polar surface area (TPSA) is 62.5 Å². The van der Waals surface area contributed by atoms with Crippen molar-refractivity contribution in [1.82, 2.24) is 14.8 Å². The fourth-order valence-electron chi connectivity index (χ4n) is 2.23. The number of benzene rings is 1. The van der Waals surface area contributed by atoms with Gasteiger partial charge in [0.2, 0.25) is 5.91 Å². The molecule has 1 aromatic carbocycles. The van der Waals surface area contributed by atoms with Gasteiger partial charge in [0.05, 0.1) is 12.1 Å². The third-order valence-corrected chi connectivity index (χ3v) is 3.59. The normalized spacial score (nSPS) is 11.0. The molecule has 0 bridgehead atoms. The van der Waals surface area contributed by atoms with Crippen LogP contribution in [-0.4, -0.2) is 47.9 Å². The molecule has 2 aromatic rings. The maximum absolute atomic E-state index is 11.9. The number of nitrogens with two attached hydrogens (primary N) is 1. The molecule has 0 radical (unpaired) electrons. The van der Waals surface area contributed by atoms with Gasteiger partial charge in [-0.25, -0.2) is 0 Å². The Balaban J connectivity index is 2.26. The molecule has 1 aromatic heterocycles. The second-order valence-electron chi connectivity index (χ2n) is 5.30. The van der Waals surface area contributed by atoms with E-state index in [9.17, 15) is 4.79 Å². The van der Waals surface area contributed by atoms with Gasteiger partial charge < -0.3 is 10.6 Å². The molecule has 0 spiro atoms. The van der Waals surface area contributed by atoms with Crippen LogP contribution in [0.4, 0.5) is 5.69 Å². The molecule has 1 amide bonds. The summed E-state index contributed by atoms with van der Waals surface area (Å²) < 4.78 is 0. The lowest BCUT2D eigenvalue weighted by Crippen LogP contribution is -2.36. The Labute approximate surface area is 125 Å². The van der Waals surface area contributed by atoms with E-state index in [1.807, 2.05) is 24.3 Å². The number of carbonyl (C=O) groups excluding carboxylic acids is 1. The summed E-state index contributed by atoms with van der Waals surface area (Å²) in [5.41, 5.74) is 8.73. The molecule has 0 saturated carbocycles. The standard InChI is InChI=1S/C16H22N4O/c1-4-20(11-15(21)19(2)3)10-12-7-8-14(17)13-6-5-9-18-16(12)13/h5-9H,4,10-11,17H2,1-3H3. The van der Waals surface area contributed by atoms with Crippen molar-refractivity contribution >= 4 is 22.5 Å². The Morgan fingerprint density at radius 1 is 1.29 bits per heavy atom. The van der Waals surface area contributed by atoms with Crippen LogP contribution in [0.25, 0.3) is 10.9 Å². The molecule has 0 saturated heterocycles. The first kappa shape index (κ1) is 15.3. The molecule has 0 fully saturated rings. The van der Waals surface area contributed by atoms with Crippen molar-refractivity contribution in [2.24, 2.45) is 0 Å². The molecule has 0 atom stereocenters. The first-order valence-corrected chi connectivity index (χ1v) is 7.07. The highest BCUT2D eigenvalue weighted by atomic mass is 16.2. The number of nitrogens with zero attached hydrogens (tertiary/aromatic N) is 3. The van der Waals surface area contributed by atoms with Gasteiger partial charge in [-0.3, -0.25) is 14.7 Å². The van der Waals surface area contributed by atoms with Crippen LogP contribution in [0.15, 0.2) is 30.5 Å². The van der Waals surface area contributed by atoms with E-state index in [4.69, 9.17) is 5.73 Å². The van der Waals surface area contributed by atoms with Crippen molar-refractivity contribution in [3.63, 3.8) is 0 Å². The average Bonchev–Trinajstić information content (AvgIpc) is 2.49. The van der Waals surface area contributed by atoms with Crippen LogP contribution in [0.2, 0.25) is 0 Å². The van der Waals surface area contributed by atoms with E-state index >= 15 is 0 Å². The van der Waals surface area contributed by atoms with Crippen LogP contribution in [0, 0.1) is 0 Å². The van der Waals surface area contributed by atoms with Crippen LogP contribution >= 0.6 is 0 Å². The summed E-state index contributed by atoms with van der Waals surface area (Å²) in [6.45, 7) is 3.94. The fourth-order valence-corrected chi connectivity index (χ4v) is 2.23. The van der Waals surface area contributed by atoms with Crippen molar-refractivity contribution in [3.8, 4) is 0 Å². The monoisotopic (exact) mass is 286 g/mol. The third-order valence-electron chi connectivity index (χ3n) is 3.59. The van der Waals surface area contributed by atoms with Crippen LogP contribution < -0.4 is 5.73 Å². The zero-order valence-electron chi connectivity index (χ0n) is 12.8. The van der Waals surface area contributed by atoms with Crippen LogP contribution in [0.5, 0.6) is 0 Å². The predicted molar refractivity (Wildman–Crippen MR) is 85.8 cm³/mol. The van der Waals surface area contributed by atoms with Gasteiger partial charge in [-0.1, -0.05) is 13.0 Å². The molecular weight excluding hydrogens is 264 g/mol. The average molecular weight is 286 g/mol. The molecule has 0 unspecified atom stereocenters. The minimum absolute atomic E-state index is 0.101. The van der Waals surface area contributed by atoms with E-state index in [0.717, 1.165) is 28.7 Å². The van der Waals surface area contributed by atoms with E-state index in [-0.39, 0.29) is 5.91 Å². The lowest BCUT2D eigenvalue weighted by molar-refractivity contribution is -0.130. The number of hydrogen-bond acceptors (Lipinski definition) is 4. The molecular formula is C16H22N4O. The molecule has 2 rings (SSSR count). The van der Waals surface area contributed by atoms with Gasteiger partial charge in [-0.05, 0) is 30.3 Å². The van der Waals surface area contributed by atoms with Gasteiger partial charge >= 0.3 is 0 Å². The summed E-state index contributed by atoms with van der Waals surface area (Å²) in [6, 6.07) is 7.76. The summed E-state index contributed by atoms with van der Waals surface area (Å²) in [5, 5.41) is 0.963. The van der Waals surface area contributed by atoms with Crippen LogP contribution in [0.1, 0.15) is 12.5 Å². The van der Waals surface area contributed by atoms with Gasteiger partial charge in [0.15, 0.2) is 0 Å². The van der Waals surface area contributed by atoms with Crippen molar-refractivity contribution in [1.29, 1.82) is 0 Å². The predicted octanol–water partition coefficient (Wildman–Crippen LogP) is 1.73. The first-order chi connectivity index (χ1) is 10.0. The van der Waals surface area contributed by atoms with Crippen LogP contribution in [-0.2, 0) is 11.3 Å². The molecule has 112 valence electrons. The Kier molecular flexibility index (Phi) is 4.75. The summed E-state index contributed by atoms with van der Waals surface area (Å²) >= 11 is 0. The molecule has 5 nitrogen and oxygen atoms in total. The van der Waals surface area contributed by atoms with Gasteiger partial charge in [-0.2, -0.15) is 0 Å². The summed E-state index contributed by atoms with van der Waals surface area (Å²) in [4.78, 5) is 20.0. The van der Waals surface area contributed by atoms with Gasteiger partial charge in [0, 0.05) is 37.9 Å². The van der Waals surface area contributed by atoms with E-state index < -0.39 is 0 Å². The number of hydrogen-bond donors (Lipinski definition) is 1. The smallest absolute Gasteiger partial charge is 0.236 e. The maximum Gasteiger partial charge on any atom is 0.236 e. The van der Waals surface area contributed by atoms with Crippen molar-refractivity contribution in [2.75, 3.05) is 32.9 Å². The maximum atomic E-state index is 11.9. The number of anilines is 1. The molecule has 0 aliphatic heterocycles. The number of fused-ring (bicyclic) bond motifs is 1. The number of pyridine rings is 1. The molecule has 0 aliphatic carbocycles. The number of carbonyl (C=O) groups is 1. The summed E-state index contributed by atoms with van der Waals surface area (Å²) in [6.07, 6.45) is 1.77. The molecule has 0 aliphatic rings. The van der Waals surface area contributed by atoms with E-state index in [2.05, 4.69) is 16.8 Å². The summed E-state index contributed by atoms with van der Waals surface area (Å²) in [7, 11) is 3.55. The van der Waals surface area contributed by atoms with Crippen molar-refractivity contribution in [3.05, 3.63) is 36.0 Å². The van der Waals surface area contributed by atoms with Gasteiger partial charge in [0.1, 0.15) is 0 Å². The highest BCUT2D eigenvalue weighted by Gasteiger charge is 2.13. The zero-order chi connectivity index (χ0) is 15.4. The lowest BCUT2D eigenvalue weighted by atomic mass is 10.1. The number of aromatic nitrogens is 1. The Morgan fingerprint density at radius 3 is 2.71 bits per heavy atom. The second-order valence-corrected chi connectivity index (χ2v) is 5.30. The minimum atomic E-state index is 0.101. The Hall–Kier alpha value is -2.14. The number of amides is 1. The van der Waals surface area contributed by atoms with E-state index in [1.165, 1.54) is 0 Å². The largest absolute Gasteiger partial charge is 0.398 e. The highest BCUT2D eigenvalue weighted by Crippen LogP contribution is 2.23. The quantitative estimate of drug-likeness (QED) is 0.850. The number of rotatable bonds is 5. The third kappa shape index (κ3) is 3.49. The number of nitrogen functional groups attached to an aromatic ring is 1. The first-order valence-electron chi connectivity index (χ1n) is 7.07. The lowest BCUT2D eigenvalue weighted by Gasteiger charge is -2.22. The molecule has 1 heterocycles. The SMILES string of the molecule is CCN(CC(=O)N(C)C)Cc1ccc(N)c2cccnc12. The Bertz CT molecular complexity index is 639. The minimum Gasteiger partial charge on any atom is -0.398 e. The Morgan fingerprint density at radius 2 is 2.05 bits per heavy atom. The van der Waals surface area contributed by atoms with E-state index in [0.29, 0.717) is 13.1 Å². The second kappa shape index (κ2) is 6.54. The zero-order valence-corrected chi connectivity index (χ0v) is 12.8. The molecule has 21 heavy (non-hydrogen) atoms. The summed E-state index contributed by atoms with van der Waals surface area (Å²) in [5.74, 6) is 0.101. The van der Waals surface area contributed by atoms with Crippen molar-refractivity contribution in [2.45, 2.75) is 13.5 Å². The van der Waals surface area contributed by atoms with Gasteiger partial charge in [0.25, 0.3) is 0 Å². The number of likely N-dealkylation sites (N-methyl/N-ethyl adjacent to an activating group) is 2. The molecule has 2 N–H and O–H groups in total. The van der Waals surface area contributed by atoms with Gasteiger partial charge in [-0.15, -0.1) is 0 Å². The van der Waals surface area contributed by atoms with Crippen molar-refractivity contribution < 1.29 is 4.79 Å². The van der Waals surface area contributed by atoms with Crippen LogP contribution in [0.3, 0.4) is 0 Å².